The van der Waals surface area contributed by atoms with E-state index in [1.54, 1.807) is 6.07 Å². The Kier molecular flexibility index (Phi) is 3.46. The molecule has 1 aromatic carbocycles. The minimum atomic E-state index is -0.735. The van der Waals surface area contributed by atoms with E-state index in [4.69, 9.17) is 0 Å². The molecule has 2 nitrogen and oxygen atoms in total. The third kappa shape index (κ3) is 2.65. The van der Waals surface area contributed by atoms with Crippen molar-refractivity contribution >= 4 is 5.97 Å². The first-order valence-electron chi connectivity index (χ1n) is 6.10. The van der Waals surface area contributed by atoms with Gasteiger partial charge in [0.2, 0.25) is 0 Å². The third-order valence-electron chi connectivity index (χ3n) is 3.70. The van der Waals surface area contributed by atoms with Gasteiger partial charge in [-0.15, -0.1) is 0 Å². The van der Waals surface area contributed by atoms with E-state index in [-0.39, 0.29) is 5.82 Å². The zero-order valence-electron chi connectivity index (χ0n) is 9.79. The molecule has 3 heteroatoms. The maximum absolute atomic E-state index is 13.1. The van der Waals surface area contributed by atoms with Crippen molar-refractivity contribution in [3.05, 3.63) is 35.6 Å². The van der Waals surface area contributed by atoms with Crippen LogP contribution in [-0.4, -0.2) is 11.1 Å². The molecule has 0 atom stereocenters. The molecule has 1 saturated carbocycles. The van der Waals surface area contributed by atoms with Gasteiger partial charge in [-0.05, 0) is 37.0 Å². The molecule has 2 rings (SSSR count). The number of carbonyl (C=O) groups is 1. The molecule has 1 aliphatic rings. The first-order valence-corrected chi connectivity index (χ1v) is 6.10. The molecule has 1 N–H and O–H groups in total. The van der Waals surface area contributed by atoms with Crippen LogP contribution in [-0.2, 0) is 11.2 Å². The van der Waals surface area contributed by atoms with Gasteiger partial charge in [-0.25, -0.2) is 4.39 Å². The Morgan fingerprint density at radius 1 is 1.29 bits per heavy atom. The maximum atomic E-state index is 13.1. The minimum Gasteiger partial charge on any atom is -0.481 e. The van der Waals surface area contributed by atoms with Crippen LogP contribution >= 0.6 is 0 Å². The molecule has 17 heavy (non-hydrogen) atoms. The average molecular weight is 236 g/mol. The van der Waals surface area contributed by atoms with Crippen molar-refractivity contribution in [3.63, 3.8) is 0 Å². The highest BCUT2D eigenvalue weighted by Crippen LogP contribution is 2.39. The second-order valence-electron chi connectivity index (χ2n) is 4.95. The van der Waals surface area contributed by atoms with Crippen molar-refractivity contribution in [2.24, 2.45) is 5.41 Å². The van der Waals surface area contributed by atoms with E-state index in [2.05, 4.69) is 0 Å². The van der Waals surface area contributed by atoms with Crippen LogP contribution in [0.1, 0.15) is 37.7 Å². The highest BCUT2D eigenvalue weighted by atomic mass is 19.1. The molecule has 0 spiro atoms. The lowest BCUT2D eigenvalue weighted by atomic mass is 9.70. The third-order valence-corrected chi connectivity index (χ3v) is 3.70. The lowest BCUT2D eigenvalue weighted by Crippen LogP contribution is -2.35. The summed E-state index contributed by atoms with van der Waals surface area (Å²) in [6.45, 7) is 0. The van der Waals surface area contributed by atoms with E-state index in [0.717, 1.165) is 24.8 Å². The van der Waals surface area contributed by atoms with Gasteiger partial charge in [0.25, 0.3) is 0 Å². The average Bonchev–Trinajstić information content (AvgIpc) is 2.30. The summed E-state index contributed by atoms with van der Waals surface area (Å²) in [6.07, 6.45) is 4.89. The summed E-state index contributed by atoms with van der Waals surface area (Å²) in [5, 5.41) is 9.43. The van der Waals surface area contributed by atoms with Gasteiger partial charge in [0.1, 0.15) is 5.82 Å². The van der Waals surface area contributed by atoms with Crippen molar-refractivity contribution < 1.29 is 14.3 Å². The van der Waals surface area contributed by atoms with E-state index < -0.39 is 11.4 Å². The van der Waals surface area contributed by atoms with Gasteiger partial charge in [-0.3, -0.25) is 4.79 Å². The molecule has 1 fully saturated rings. The number of carboxylic acid groups (broad SMARTS) is 1. The largest absolute Gasteiger partial charge is 0.481 e. The summed E-state index contributed by atoms with van der Waals surface area (Å²) in [5.74, 6) is -1.03. The van der Waals surface area contributed by atoms with Gasteiger partial charge < -0.3 is 5.11 Å². The summed E-state index contributed by atoms with van der Waals surface area (Å²) in [4.78, 5) is 11.5. The standard InChI is InChI=1S/C14H17FO2/c15-12-6-4-5-11(9-12)10-14(13(16)17)7-2-1-3-8-14/h4-6,9H,1-3,7-8,10H2,(H,16,17). The van der Waals surface area contributed by atoms with E-state index >= 15 is 0 Å². The number of benzene rings is 1. The number of aliphatic carboxylic acids is 1. The highest BCUT2D eigenvalue weighted by Gasteiger charge is 2.39. The Morgan fingerprint density at radius 3 is 2.59 bits per heavy atom. The molecule has 0 radical (unpaired) electrons. The zero-order chi connectivity index (χ0) is 12.3. The first kappa shape index (κ1) is 12.1. The molecule has 0 aliphatic heterocycles. The quantitative estimate of drug-likeness (QED) is 0.873. The Hall–Kier alpha value is -1.38. The first-order chi connectivity index (χ1) is 8.12. The maximum Gasteiger partial charge on any atom is 0.309 e. The number of rotatable bonds is 3. The smallest absolute Gasteiger partial charge is 0.309 e. The topological polar surface area (TPSA) is 37.3 Å². The molecule has 1 aliphatic carbocycles. The van der Waals surface area contributed by atoms with Crippen molar-refractivity contribution in [1.29, 1.82) is 0 Å². The number of hydrogen-bond donors (Lipinski definition) is 1. The second-order valence-corrected chi connectivity index (χ2v) is 4.95. The van der Waals surface area contributed by atoms with Gasteiger partial charge in [0.05, 0.1) is 5.41 Å². The van der Waals surface area contributed by atoms with Crippen molar-refractivity contribution in [3.8, 4) is 0 Å². The molecule has 0 aromatic heterocycles. The molecule has 0 heterocycles. The van der Waals surface area contributed by atoms with Crippen LogP contribution in [0.4, 0.5) is 4.39 Å². The van der Waals surface area contributed by atoms with E-state index in [0.29, 0.717) is 19.3 Å². The summed E-state index contributed by atoms with van der Waals surface area (Å²) in [6, 6.07) is 6.28. The normalized spacial score (nSPS) is 18.9. The summed E-state index contributed by atoms with van der Waals surface area (Å²) >= 11 is 0. The predicted molar refractivity (Wildman–Crippen MR) is 63.3 cm³/mol. The fraction of sp³-hybridized carbons (Fsp3) is 0.500. The lowest BCUT2D eigenvalue weighted by Gasteiger charge is -2.33. The van der Waals surface area contributed by atoms with Gasteiger partial charge in [0, 0.05) is 0 Å². The van der Waals surface area contributed by atoms with Crippen LogP contribution in [0.3, 0.4) is 0 Å². The van der Waals surface area contributed by atoms with Crippen molar-refractivity contribution in [2.45, 2.75) is 38.5 Å². The van der Waals surface area contributed by atoms with E-state index in [9.17, 15) is 14.3 Å². The SMILES string of the molecule is O=C(O)C1(Cc2cccc(F)c2)CCCCC1. The van der Waals surface area contributed by atoms with E-state index in [1.807, 2.05) is 6.07 Å². The monoisotopic (exact) mass is 236 g/mol. The Morgan fingerprint density at radius 2 is 2.00 bits per heavy atom. The van der Waals surface area contributed by atoms with Crippen LogP contribution in [0.25, 0.3) is 0 Å². The van der Waals surface area contributed by atoms with Crippen LogP contribution in [0.5, 0.6) is 0 Å². The molecular formula is C14H17FO2. The van der Waals surface area contributed by atoms with Crippen LogP contribution in [0.2, 0.25) is 0 Å². The second kappa shape index (κ2) is 4.86. The number of halogens is 1. The number of carboxylic acids is 1. The Bertz CT molecular complexity index is 408. The molecule has 0 amide bonds. The Balaban J connectivity index is 2.20. The van der Waals surface area contributed by atoms with Crippen LogP contribution in [0.15, 0.2) is 24.3 Å². The lowest BCUT2D eigenvalue weighted by molar-refractivity contribution is -0.151. The van der Waals surface area contributed by atoms with Crippen LogP contribution < -0.4 is 0 Å². The Labute approximate surface area is 100 Å². The molecule has 1 aromatic rings. The van der Waals surface area contributed by atoms with Crippen molar-refractivity contribution in [1.82, 2.24) is 0 Å². The highest BCUT2D eigenvalue weighted by molar-refractivity contribution is 5.75. The van der Waals surface area contributed by atoms with Gasteiger partial charge >= 0.3 is 5.97 Å². The molecular weight excluding hydrogens is 219 g/mol. The van der Waals surface area contributed by atoms with Gasteiger partial charge in [0.15, 0.2) is 0 Å². The number of hydrogen-bond acceptors (Lipinski definition) is 1. The molecule has 92 valence electrons. The zero-order valence-corrected chi connectivity index (χ0v) is 9.79. The van der Waals surface area contributed by atoms with E-state index in [1.165, 1.54) is 12.1 Å². The summed E-state index contributed by atoms with van der Waals surface area (Å²) in [5.41, 5.74) is 0.112. The van der Waals surface area contributed by atoms with Crippen LogP contribution in [0, 0.1) is 11.2 Å². The molecule has 0 unspecified atom stereocenters. The molecule has 0 saturated heterocycles. The predicted octanol–water partition coefficient (Wildman–Crippen LogP) is 3.40. The van der Waals surface area contributed by atoms with Crippen molar-refractivity contribution in [2.75, 3.05) is 0 Å². The fourth-order valence-corrected chi connectivity index (χ4v) is 2.73. The van der Waals surface area contributed by atoms with Gasteiger partial charge in [-0.1, -0.05) is 31.4 Å². The minimum absolute atomic E-state index is 0.293. The molecule has 0 bridgehead atoms. The summed E-state index contributed by atoms with van der Waals surface area (Å²) < 4.78 is 13.1. The van der Waals surface area contributed by atoms with Gasteiger partial charge in [-0.2, -0.15) is 0 Å². The summed E-state index contributed by atoms with van der Waals surface area (Å²) in [7, 11) is 0. The fourth-order valence-electron chi connectivity index (χ4n) is 2.73.